The first-order valence-electron chi connectivity index (χ1n) is 10.6. The van der Waals surface area contributed by atoms with Gasteiger partial charge < -0.3 is 9.84 Å². The lowest BCUT2D eigenvalue weighted by Crippen LogP contribution is -2.46. The molecule has 3 aromatic carbocycles. The van der Waals surface area contributed by atoms with Crippen LogP contribution in [-0.4, -0.2) is 16.2 Å². The summed E-state index contributed by atoms with van der Waals surface area (Å²) in [5.74, 6) is 0.254. The van der Waals surface area contributed by atoms with Gasteiger partial charge in [0.05, 0.1) is 17.3 Å². The molecule has 34 heavy (non-hydrogen) atoms. The molecule has 0 aliphatic carbocycles. The van der Waals surface area contributed by atoms with E-state index in [0.29, 0.717) is 38.9 Å². The van der Waals surface area contributed by atoms with Crippen LogP contribution in [0.4, 0.5) is 14.9 Å². The van der Waals surface area contributed by atoms with Crippen LogP contribution in [0.25, 0.3) is 17.0 Å². The second kappa shape index (κ2) is 8.76. The third kappa shape index (κ3) is 4.06. The molecule has 1 aliphatic heterocycles. The van der Waals surface area contributed by atoms with Crippen molar-refractivity contribution < 1.29 is 13.7 Å². The second-order valence-electron chi connectivity index (χ2n) is 8.04. The van der Waals surface area contributed by atoms with Gasteiger partial charge in [-0.2, -0.15) is 4.98 Å². The molecule has 2 amide bonds. The lowest BCUT2D eigenvalue weighted by atomic mass is 9.94. The molecule has 0 saturated carbocycles. The van der Waals surface area contributed by atoms with Gasteiger partial charge in [-0.1, -0.05) is 58.7 Å². The Morgan fingerprint density at radius 1 is 1.03 bits per heavy atom. The number of rotatable bonds is 4. The van der Waals surface area contributed by atoms with Gasteiger partial charge in [0.1, 0.15) is 5.82 Å². The Hall–Kier alpha value is -3.97. The zero-order valence-electron chi connectivity index (χ0n) is 18.4. The van der Waals surface area contributed by atoms with E-state index < -0.39 is 6.04 Å². The summed E-state index contributed by atoms with van der Waals surface area (Å²) in [7, 11) is 0. The van der Waals surface area contributed by atoms with E-state index in [1.807, 2.05) is 44.2 Å². The van der Waals surface area contributed by atoms with E-state index >= 15 is 0 Å². The fourth-order valence-corrected chi connectivity index (χ4v) is 4.20. The quantitative estimate of drug-likeness (QED) is 0.364. The van der Waals surface area contributed by atoms with Crippen molar-refractivity contribution in [3.05, 3.63) is 106 Å². The van der Waals surface area contributed by atoms with Gasteiger partial charge in [-0.05, 0) is 55.8 Å². The Kier molecular flexibility index (Phi) is 5.63. The molecule has 1 aromatic heterocycles. The molecule has 2 heterocycles. The van der Waals surface area contributed by atoms with Crippen LogP contribution in [0.3, 0.4) is 0 Å². The number of hydrogen-bond donors (Lipinski definition) is 1. The van der Waals surface area contributed by atoms with Crippen molar-refractivity contribution in [3.63, 3.8) is 0 Å². The molecule has 0 bridgehead atoms. The summed E-state index contributed by atoms with van der Waals surface area (Å²) >= 11 is 6.12. The molecular formula is C26H20ClFN4O2. The number of amides is 2. The molecule has 5 rings (SSSR count). The van der Waals surface area contributed by atoms with Crippen LogP contribution in [0.2, 0.25) is 5.02 Å². The minimum absolute atomic E-state index is 0.249. The highest BCUT2D eigenvalue weighted by molar-refractivity contribution is 6.30. The van der Waals surface area contributed by atoms with Crippen LogP contribution in [0, 0.1) is 12.7 Å². The monoisotopic (exact) mass is 474 g/mol. The van der Waals surface area contributed by atoms with Gasteiger partial charge >= 0.3 is 6.03 Å². The summed E-state index contributed by atoms with van der Waals surface area (Å²) in [4.78, 5) is 19.4. The minimum atomic E-state index is -0.609. The number of urea groups is 1. The minimum Gasteiger partial charge on any atom is -0.334 e. The maximum Gasteiger partial charge on any atom is 0.326 e. The number of nitrogens with zero attached hydrogens (tertiary/aromatic N) is 3. The van der Waals surface area contributed by atoms with E-state index in [2.05, 4.69) is 15.5 Å². The fourth-order valence-electron chi connectivity index (χ4n) is 4.01. The molecule has 4 aromatic rings. The molecule has 0 radical (unpaired) electrons. The number of carbonyl (C=O) groups excluding carboxylic acids is 1. The molecule has 0 spiro atoms. The summed E-state index contributed by atoms with van der Waals surface area (Å²) in [5, 5.41) is 7.70. The smallest absolute Gasteiger partial charge is 0.326 e. The predicted molar refractivity (Wildman–Crippen MR) is 129 cm³/mol. The summed E-state index contributed by atoms with van der Waals surface area (Å²) in [6.45, 7) is 3.81. The summed E-state index contributed by atoms with van der Waals surface area (Å²) in [5.41, 5.74) is 4.42. The highest BCUT2D eigenvalue weighted by Crippen LogP contribution is 2.39. The number of carbonyl (C=O) groups is 1. The van der Waals surface area contributed by atoms with Crippen LogP contribution in [0.15, 0.2) is 83.0 Å². The van der Waals surface area contributed by atoms with Crippen molar-refractivity contribution >= 4 is 28.9 Å². The van der Waals surface area contributed by atoms with E-state index in [0.717, 1.165) is 5.56 Å². The Balaban J connectivity index is 1.65. The van der Waals surface area contributed by atoms with Gasteiger partial charge in [0, 0.05) is 16.3 Å². The number of hydrogen-bond acceptors (Lipinski definition) is 4. The number of benzene rings is 3. The number of anilines is 1. The zero-order chi connectivity index (χ0) is 23.8. The van der Waals surface area contributed by atoms with Crippen LogP contribution in [0.5, 0.6) is 0 Å². The number of nitrogens with one attached hydrogen (secondary N) is 1. The number of aryl methyl sites for hydroxylation is 1. The van der Waals surface area contributed by atoms with Crippen molar-refractivity contribution in [1.29, 1.82) is 0 Å². The fraction of sp³-hybridized carbons (Fsp3) is 0.115. The van der Waals surface area contributed by atoms with E-state index in [4.69, 9.17) is 16.1 Å². The first-order valence-corrected chi connectivity index (χ1v) is 11.0. The Morgan fingerprint density at radius 2 is 1.76 bits per heavy atom. The van der Waals surface area contributed by atoms with Crippen LogP contribution >= 0.6 is 11.6 Å². The molecule has 1 atom stereocenters. The van der Waals surface area contributed by atoms with Gasteiger partial charge in [0.25, 0.3) is 5.89 Å². The Labute approximate surface area is 200 Å². The SMILES string of the molecule is CC1=C(c2nc(-c3cccc(Cl)c3)no2)C(c2ccc(F)cc2)NC(=O)N1c1ccc(C)cc1. The highest BCUT2D eigenvalue weighted by Gasteiger charge is 2.36. The van der Waals surface area contributed by atoms with E-state index in [9.17, 15) is 9.18 Å². The third-order valence-corrected chi connectivity index (χ3v) is 5.95. The predicted octanol–water partition coefficient (Wildman–Crippen LogP) is 6.54. The number of aromatic nitrogens is 2. The van der Waals surface area contributed by atoms with Gasteiger partial charge in [0.15, 0.2) is 0 Å². The molecule has 0 saturated heterocycles. The van der Waals surface area contributed by atoms with Crippen molar-refractivity contribution in [1.82, 2.24) is 15.5 Å². The topological polar surface area (TPSA) is 71.3 Å². The highest BCUT2D eigenvalue weighted by atomic mass is 35.5. The molecule has 170 valence electrons. The maximum absolute atomic E-state index is 13.6. The van der Waals surface area contributed by atoms with Crippen LogP contribution < -0.4 is 10.2 Å². The molecule has 6 nitrogen and oxygen atoms in total. The standard InChI is InChI=1S/C26H20ClFN4O2/c1-15-6-12-21(13-7-15)32-16(2)22(23(29-26(32)33)17-8-10-20(28)11-9-17)25-30-24(31-34-25)18-4-3-5-19(27)14-18/h3-14,23H,1-2H3,(H,29,33). The first-order chi connectivity index (χ1) is 16.4. The average molecular weight is 475 g/mol. The van der Waals surface area contributed by atoms with Crippen molar-refractivity contribution in [2.75, 3.05) is 4.90 Å². The molecule has 1 aliphatic rings. The molecule has 1 N–H and O–H groups in total. The second-order valence-corrected chi connectivity index (χ2v) is 8.47. The van der Waals surface area contributed by atoms with Crippen LogP contribution in [-0.2, 0) is 0 Å². The lowest BCUT2D eigenvalue weighted by molar-refractivity contribution is 0.244. The van der Waals surface area contributed by atoms with E-state index in [1.54, 1.807) is 35.2 Å². The normalized spacial score (nSPS) is 16.1. The maximum atomic E-state index is 13.6. The van der Waals surface area contributed by atoms with Gasteiger partial charge in [0.2, 0.25) is 5.82 Å². The first kappa shape index (κ1) is 21.9. The zero-order valence-corrected chi connectivity index (χ0v) is 19.2. The number of halogens is 2. The Morgan fingerprint density at radius 3 is 2.47 bits per heavy atom. The lowest BCUT2D eigenvalue weighted by Gasteiger charge is -2.35. The number of allylic oxidation sites excluding steroid dienone is 1. The van der Waals surface area contributed by atoms with Crippen molar-refractivity contribution in [2.45, 2.75) is 19.9 Å². The van der Waals surface area contributed by atoms with Crippen molar-refractivity contribution in [2.24, 2.45) is 0 Å². The molecule has 8 heteroatoms. The van der Waals surface area contributed by atoms with Gasteiger partial charge in [-0.15, -0.1) is 0 Å². The molecular weight excluding hydrogens is 455 g/mol. The third-order valence-electron chi connectivity index (χ3n) is 5.72. The largest absolute Gasteiger partial charge is 0.334 e. The average Bonchev–Trinajstić information content (AvgIpc) is 3.30. The van der Waals surface area contributed by atoms with Crippen molar-refractivity contribution in [3.8, 4) is 11.4 Å². The summed E-state index contributed by atoms with van der Waals surface area (Å²) in [6, 6.07) is 19.8. The van der Waals surface area contributed by atoms with E-state index in [-0.39, 0.29) is 17.7 Å². The van der Waals surface area contributed by atoms with E-state index in [1.165, 1.54) is 12.1 Å². The van der Waals surface area contributed by atoms with Gasteiger partial charge in [-0.25, -0.2) is 9.18 Å². The summed E-state index contributed by atoms with van der Waals surface area (Å²) in [6.07, 6.45) is 0. The molecule has 0 fully saturated rings. The Bertz CT molecular complexity index is 1400. The molecule has 1 unspecified atom stereocenters. The van der Waals surface area contributed by atoms with Gasteiger partial charge in [-0.3, -0.25) is 4.90 Å². The van der Waals surface area contributed by atoms with Crippen LogP contribution in [0.1, 0.15) is 30.0 Å². The summed E-state index contributed by atoms with van der Waals surface area (Å²) < 4.78 is 19.3.